The Hall–Kier alpha value is -1.90. The summed E-state index contributed by atoms with van der Waals surface area (Å²) in [5, 5.41) is 3.23. The first kappa shape index (κ1) is 21.8. The highest BCUT2D eigenvalue weighted by Crippen LogP contribution is 2.37. The third-order valence-electron chi connectivity index (χ3n) is 4.42. The van der Waals surface area contributed by atoms with Crippen LogP contribution in [0.15, 0.2) is 42.5 Å². The van der Waals surface area contributed by atoms with Gasteiger partial charge in [-0.25, -0.2) is 8.42 Å². The number of nitrogens with zero attached hydrogens (tertiary/aromatic N) is 1. The van der Waals surface area contributed by atoms with Gasteiger partial charge in [0.05, 0.1) is 18.5 Å². The van der Waals surface area contributed by atoms with Crippen LogP contribution in [0.2, 0.25) is 5.02 Å². The van der Waals surface area contributed by atoms with Crippen molar-refractivity contribution < 1.29 is 17.9 Å². The van der Waals surface area contributed by atoms with Crippen LogP contribution in [-0.4, -0.2) is 45.5 Å². The zero-order chi connectivity index (χ0) is 21.0. The van der Waals surface area contributed by atoms with Gasteiger partial charge in [-0.3, -0.25) is 9.10 Å². The molecule has 156 valence electrons. The standard InChI is InChI=1S/C20H23ClN2O4S2/c1-14-3-5-15(6-4-14)13-28-10-9-22-20(24)19-12-23(29(2,25)26)17-11-16(21)7-8-18(17)27-19/h3-8,11,19H,9-10,12-13H2,1-2H3,(H,22,24)/t19-/m0/s1. The third kappa shape index (κ3) is 5.81. The van der Waals surface area contributed by atoms with E-state index >= 15 is 0 Å². The van der Waals surface area contributed by atoms with Crippen LogP contribution in [0.3, 0.4) is 0 Å². The van der Waals surface area contributed by atoms with Gasteiger partial charge >= 0.3 is 0 Å². The summed E-state index contributed by atoms with van der Waals surface area (Å²) >= 11 is 7.70. The van der Waals surface area contributed by atoms with Crippen molar-refractivity contribution in [1.82, 2.24) is 5.32 Å². The molecule has 0 bridgehead atoms. The van der Waals surface area contributed by atoms with Gasteiger partial charge in [0.15, 0.2) is 6.10 Å². The van der Waals surface area contributed by atoms with Crippen molar-refractivity contribution in [2.45, 2.75) is 18.8 Å². The number of ether oxygens (including phenoxy) is 1. The summed E-state index contributed by atoms with van der Waals surface area (Å²) in [5.41, 5.74) is 2.81. The third-order valence-corrected chi connectivity index (χ3v) is 6.83. The SMILES string of the molecule is Cc1ccc(CSCCNC(=O)[C@@H]2CN(S(C)(=O)=O)c3cc(Cl)ccc3O2)cc1. The van der Waals surface area contributed by atoms with Crippen LogP contribution in [0.4, 0.5) is 5.69 Å². The van der Waals surface area contributed by atoms with Crippen LogP contribution >= 0.6 is 23.4 Å². The minimum absolute atomic E-state index is 0.0888. The molecule has 1 heterocycles. The summed E-state index contributed by atoms with van der Waals surface area (Å²) in [6.45, 7) is 2.44. The molecule has 0 saturated heterocycles. The van der Waals surface area contributed by atoms with Gasteiger partial charge in [-0.05, 0) is 30.7 Å². The molecule has 1 amide bonds. The Labute approximate surface area is 180 Å². The molecule has 9 heteroatoms. The van der Waals surface area contributed by atoms with E-state index in [-0.39, 0.29) is 12.5 Å². The molecule has 3 rings (SSSR count). The van der Waals surface area contributed by atoms with Gasteiger partial charge < -0.3 is 10.1 Å². The maximum Gasteiger partial charge on any atom is 0.263 e. The number of aryl methyl sites for hydroxylation is 1. The molecule has 0 fully saturated rings. The highest BCUT2D eigenvalue weighted by molar-refractivity contribution is 7.98. The monoisotopic (exact) mass is 454 g/mol. The van der Waals surface area contributed by atoms with E-state index in [9.17, 15) is 13.2 Å². The second kappa shape index (κ2) is 9.28. The fourth-order valence-electron chi connectivity index (χ4n) is 2.91. The Morgan fingerprint density at radius 3 is 2.69 bits per heavy atom. The van der Waals surface area contributed by atoms with Gasteiger partial charge in [0.2, 0.25) is 10.0 Å². The lowest BCUT2D eigenvalue weighted by atomic mass is 10.2. The smallest absolute Gasteiger partial charge is 0.263 e. The fraction of sp³-hybridized carbons (Fsp3) is 0.350. The molecule has 0 spiro atoms. The van der Waals surface area contributed by atoms with Crippen LogP contribution in [0.1, 0.15) is 11.1 Å². The van der Waals surface area contributed by atoms with E-state index in [1.54, 1.807) is 23.9 Å². The number of carbonyl (C=O) groups is 1. The Morgan fingerprint density at radius 1 is 1.28 bits per heavy atom. The Bertz CT molecular complexity index is 980. The molecular weight excluding hydrogens is 432 g/mol. The average Bonchev–Trinajstić information content (AvgIpc) is 2.67. The molecule has 1 N–H and O–H groups in total. The lowest BCUT2D eigenvalue weighted by Crippen LogP contribution is -2.50. The van der Waals surface area contributed by atoms with E-state index in [0.717, 1.165) is 22.1 Å². The van der Waals surface area contributed by atoms with E-state index in [4.69, 9.17) is 16.3 Å². The first-order valence-electron chi connectivity index (χ1n) is 9.09. The number of fused-ring (bicyclic) bond motifs is 1. The van der Waals surface area contributed by atoms with Gasteiger partial charge in [0.25, 0.3) is 5.91 Å². The summed E-state index contributed by atoms with van der Waals surface area (Å²) in [4.78, 5) is 12.5. The van der Waals surface area contributed by atoms with E-state index in [1.165, 1.54) is 17.2 Å². The number of hydrogen-bond acceptors (Lipinski definition) is 5. The largest absolute Gasteiger partial charge is 0.476 e. The average molecular weight is 455 g/mol. The number of benzene rings is 2. The zero-order valence-corrected chi connectivity index (χ0v) is 18.6. The quantitative estimate of drug-likeness (QED) is 0.650. The predicted molar refractivity (Wildman–Crippen MR) is 118 cm³/mol. The van der Waals surface area contributed by atoms with Gasteiger partial charge in [0, 0.05) is 23.1 Å². The maximum absolute atomic E-state index is 12.5. The normalized spacial score (nSPS) is 16.1. The summed E-state index contributed by atoms with van der Waals surface area (Å²) in [5.74, 6) is 1.59. The maximum atomic E-state index is 12.5. The van der Waals surface area contributed by atoms with E-state index in [0.29, 0.717) is 23.0 Å². The van der Waals surface area contributed by atoms with E-state index < -0.39 is 16.1 Å². The summed E-state index contributed by atoms with van der Waals surface area (Å²) in [7, 11) is -3.57. The number of rotatable bonds is 7. The zero-order valence-electron chi connectivity index (χ0n) is 16.2. The number of carbonyl (C=O) groups excluding carboxylic acids is 1. The molecule has 0 radical (unpaired) electrons. The Morgan fingerprint density at radius 2 is 2.00 bits per heavy atom. The lowest BCUT2D eigenvalue weighted by Gasteiger charge is -2.34. The summed E-state index contributed by atoms with van der Waals surface area (Å²) in [6.07, 6.45) is 0.181. The number of thioether (sulfide) groups is 1. The van der Waals surface area contributed by atoms with Crippen LogP contribution in [0.5, 0.6) is 5.75 Å². The van der Waals surface area contributed by atoms with Crippen LogP contribution in [0.25, 0.3) is 0 Å². The highest BCUT2D eigenvalue weighted by atomic mass is 35.5. The van der Waals surface area contributed by atoms with Crippen molar-refractivity contribution in [3.63, 3.8) is 0 Å². The molecule has 1 aliphatic rings. The van der Waals surface area contributed by atoms with Gasteiger partial charge in [0.1, 0.15) is 5.75 Å². The van der Waals surface area contributed by atoms with Crippen molar-refractivity contribution in [1.29, 1.82) is 0 Å². The Balaban J connectivity index is 1.54. The minimum atomic E-state index is -3.57. The molecule has 0 aliphatic carbocycles. The molecule has 2 aromatic carbocycles. The van der Waals surface area contributed by atoms with Crippen molar-refractivity contribution in [2.75, 3.05) is 29.4 Å². The molecular formula is C20H23ClN2O4S2. The van der Waals surface area contributed by atoms with Crippen LogP contribution in [-0.2, 0) is 20.6 Å². The summed E-state index contributed by atoms with van der Waals surface area (Å²) < 4.78 is 31.2. The van der Waals surface area contributed by atoms with Gasteiger partial charge in [-0.2, -0.15) is 11.8 Å². The second-order valence-electron chi connectivity index (χ2n) is 6.84. The summed E-state index contributed by atoms with van der Waals surface area (Å²) in [6, 6.07) is 13.1. The molecule has 0 unspecified atom stereocenters. The number of amides is 1. The number of nitrogens with one attached hydrogen (secondary N) is 1. The second-order valence-corrected chi connectivity index (χ2v) is 10.3. The van der Waals surface area contributed by atoms with E-state index in [2.05, 4.69) is 36.5 Å². The van der Waals surface area contributed by atoms with Gasteiger partial charge in [-0.15, -0.1) is 0 Å². The van der Waals surface area contributed by atoms with Crippen LogP contribution < -0.4 is 14.4 Å². The molecule has 1 atom stereocenters. The number of sulfonamides is 1. The molecule has 0 saturated carbocycles. The number of hydrogen-bond donors (Lipinski definition) is 1. The van der Waals surface area contributed by atoms with Crippen molar-refractivity contribution >= 4 is 45.0 Å². The lowest BCUT2D eigenvalue weighted by molar-refractivity contribution is -0.127. The topological polar surface area (TPSA) is 75.7 Å². The van der Waals surface area contributed by atoms with Gasteiger partial charge in [-0.1, -0.05) is 41.4 Å². The minimum Gasteiger partial charge on any atom is -0.476 e. The molecule has 1 aliphatic heterocycles. The first-order valence-corrected chi connectivity index (χ1v) is 12.5. The number of halogens is 1. The molecule has 2 aromatic rings. The highest BCUT2D eigenvalue weighted by Gasteiger charge is 2.35. The van der Waals surface area contributed by atoms with Crippen LogP contribution in [0, 0.1) is 6.92 Å². The fourth-order valence-corrected chi connectivity index (χ4v) is 4.80. The predicted octanol–water partition coefficient (Wildman–Crippen LogP) is 3.23. The molecule has 29 heavy (non-hydrogen) atoms. The molecule has 0 aromatic heterocycles. The van der Waals surface area contributed by atoms with Crippen molar-refractivity contribution in [2.24, 2.45) is 0 Å². The Kier molecular flexibility index (Phi) is 6.97. The number of anilines is 1. The van der Waals surface area contributed by atoms with E-state index in [1.807, 2.05) is 0 Å². The first-order chi connectivity index (χ1) is 13.7. The van der Waals surface area contributed by atoms with Crippen molar-refractivity contribution in [3.05, 3.63) is 58.6 Å². The van der Waals surface area contributed by atoms with Crippen molar-refractivity contribution in [3.8, 4) is 5.75 Å². The molecule has 6 nitrogen and oxygen atoms in total.